The fourth-order valence-electron chi connectivity index (χ4n) is 3.33. The fraction of sp³-hybridized carbons (Fsp3) is 1.00. The molecule has 1 heterocycles. The average Bonchev–Trinajstić information content (AvgIpc) is 2.75. The van der Waals surface area contributed by atoms with Gasteiger partial charge in [-0.1, -0.05) is 20.8 Å². The molecular formula is C15H33N3. The van der Waals surface area contributed by atoms with Crippen molar-refractivity contribution in [3.8, 4) is 0 Å². The molecule has 0 bridgehead atoms. The lowest BCUT2D eigenvalue weighted by molar-refractivity contribution is 0.0866. The summed E-state index contributed by atoms with van der Waals surface area (Å²) in [6.07, 6.45) is 3.88. The lowest BCUT2D eigenvalue weighted by atomic mass is 9.89. The minimum Gasteiger partial charge on any atom is -0.329 e. The maximum absolute atomic E-state index is 6.04. The zero-order chi connectivity index (χ0) is 13.8. The van der Waals surface area contributed by atoms with Gasteiger partial charge in [0.25, 0.3) is 0 Å². The second-order valence-corrected chi connectivity index (χ2v) is 6.60. The number of nitrogens with zero attached hydrogens (tertiary/aromatic N) is 2. The predicted molar refractivity (Wildman–Crippen MR) is 79.8 cm³/mol. The second kappa shape index (κ2) is 6.88. The molecule has 2 N–H and O–H groups in total. The summed E-state index contributed by atoms with van der Waals surface area (Å²) in [6.45, 7) is 13.5. The third-order valence-corrected chi connectivity index (χ3v) is 4.60. The molecule has 0 aliphatic carbocycles. The van der Waals surface area contributed by atoms with E-state index in [0.29, 0.717) is 5.92 Å². The van der Waals surface area contributed by atoms with Crippen LogP contribution in [0.3, 0.4) is 0 Å². The molecule has 0 aromatic carbocycles. The summed E-state index contributed by atoms with van der Waals surface area (Å²) in [6, 6.07) is 0.734. The number of likely N-dealkylation sites (tertiary alicyclic amines) is 1. The zero-order valence-electron chi connectivity index (χ0n) is 13.1. The van der Waals surface area contributed by atoms with Crippen molar-refractivity contribution in [3.05, 3.63) is 0 Å². The van der Waals surface area contributed by atoms with Crippen molar-refractivity contribution in [1.29, 1.82) is 0 Å². The third kappa shape index (κ3) is 3.94. The normalized spacial score (nSPS) is 25.0. The first-order valence-electron chi connectivity index (χ1n) is 7.58. The molecule has 108 valence electrons. The number of hydrogen-bond acceptors (Lipinski definition) is 3. The van der Waals surface area contributed by atoms with E-state index in [1.807, 2.05) is 0 Å². The highest BCUT2D eigenvalue weighted by Crippen LogP contribution is 2.25. The van der Waals surface area contributed by atoms with Crippen molar-refractivity contribution in [2.45, 2.75) is 58.5 Å². The summed E-state index contributed by atoms with van der Waals surface area (Å²) < 4.78 is 0. The summed E-state index contributed by atoms with van der Waals surface area (Å²) >= 11 is 0. The molecule has 2 unspecified atom stereocenters. The first-order chi connectivity index (χ1) is 8.42. The summed E-state index contributed by atoms with van der Waals surface area (Å²) in [4.78, 5) is 5.12. The van der Waals surface area contributed by atoms with Gasteiger partial charge in [-0.25, -0.2) is 0 Å². The van der Waals surface area contributed by atoms with E-state index in [1.54, 1.807) is 0 Å². The summed E-state index contributed by atoms with van der Waals surface area (Å²) in [5.41, 5.74) is 6.19. The van der Waals surface area contributed by atoms with Crippen LogP contribution in [-0.4, -0.2) is 54.6 Å². The Labute approximate surface area is 114 Å². The first kappa shape index (κ1) is 15.9. The Bertz CT molecular complexity index is 242. The van der Waals surface area contributed by atoms with Gasteiger partial charge in [-0.15, -0.1) is 0 Å². The van der Waals surface area contributed by atoms with E-state index < -0.39 is 0 Å². The van der Waals surface area contributed by atoms with E-state index in [0.717, 1.165) is 19.1 Å². The van der Waals surface area contributed by atoms with Crippen LogP contribution < -0.4 is 5.73 Å². The van der Waals surface area contributed by atoms with Crippen molar-refractivity contribution in [2.75, 3.05) is 33.2 Å². The Morgan fingerprint density at radius 3 is 2.61 bits per heavy atom. The molecule has 3 nitrogen and oxygen atoms in total. The topological polar surface area (TPSA) is 32.5 Å². The Morgan fingerprint density at radius 2 is 2.11 bits per heavy atom. The molecule has 18 heavy (non-hydrogen) atoms. The average molecular weight is 255 g/mol. The molecule has 1 aliphatic heterocycles. The van der Waals surface area contributed by atoms with E-state index in [2.05, 4.69) is 44.5 Å². The fourth-order valence-corrected chi connectivity index (χ4v) is 3.33. The minimum atomic E-state index is 0.149. The van der Waals surface area contributed by atoms with E-state index >= 15 is 0 Å². The minimum absolute atomic E-state index is 0.149. The van der Waals surface area contributed by atoms with E-state index in [1.165, 1.54) is 32.4 Å². The van der Waals surface area contributed by atoms with Crippen molar-refractivity contribution in [1.82, 2.24) is 9.80 Å². The van der Waals surface area contributed by atoms with Gasteiger partial charge >= 0.3 is 0 Å². The van der Waals surface area contributed by atoms with Crippen LogP contribution in [0.2, 0.25) is 0 Å². The van der Waals surface area contributed by atoms with Gasteiger partial charge < -0.3 is 5.73 Å². The Hall–Kier alpha value is -0.120. The molecule has 1 aliphatic rings. The largest absolute Gasteiger partial charge is 0.329 e. The highest BCUT2D eigenvalue weighted by Gasteiger charge is 2.32. The number of rotatable bonds is 7. The molecule has 0 aromatic rings. The molecule has 3 heteroatoms. The Kier molecular flexibility index (Phi) is 6.09. The Morgan fingerprint density at radius 1 is 1.44 bits per heavy atom. The van der Waals surface area contributed by atoms with Gasteiger partial charge in [0.1, 0.15) is 0 Å². The van der Waals surface area contributed by atoms with Gasteiger partial charge in [0.2, 0.25) is 0 Å². The van der Waals surface area contributed by atoms with Gasteiger partial charge in [-0.3, -0.25) is 9.80 Å². The molecule has 0 radical (unpaired) electrons. The molecule has 0 aromatic heterocycles. The van der Waals surface area contributed by atoms with Crippen LogP contribution in [0.25, 0.3) is 0 Å². The van der Waals surface area contributed by atoms with E-state index in [9.17, 15) is 0 Å². The molecule has 0 amide bonds. The summed E-state index contributed by atoms with van der Waals surface area (Å²) in [5.74, 6) is 0.701. The lowest BCUT2D eigenvalue weighted by Gasteiger charge is -2.42. The summed E-state index contributed by atoms with van der Waals surface area (Å²) in [5, 5.41) is 0. The lowest BCUT2D eigenvalue weighted by Crippen LogP contribution is -2.54. The van der Waals surface area contributed by atoms with Crippen LogP contribution in [-0.2, 0) is 0 Å². The quantitative estimate of drug-likeness (QED) is 0.757. The molecule has 0 saturated carbocycles. The molecule has 2 atom stereocenters. The van der Waals surface area contributed by atoms with Crippen LogP contribution in [0.1, 0.15) is 47.0 Å². The maximum atomic E-state index is 6.04. The van der Waals surface area contributed by atoms with Crippen LogP contribution in [0.15, 0.2) is 0 Å². The van der Waals surface area contributed by atoms with Gasteiger partial charge in [-0.05, 0) is 52.2 Å². The third-order valence-electron chi connectivity index (χ3n) is 4.60. The molecular weight excluding hydrogens is 222 g/mol. The van der Waals surface area contributed by atoms with Crippen molar-refractivity contribution in [2.24, 2.45) is 11.7 Å². The maximum Gasteiger partial charge on any atom is 0.0303 e. The molecule has 0 spiro atoms. The Balaban J connectivity index is 2.58. The number of hydrogen-bond donors (Lipinski definition) is 1. The van der Waals surface area contributed by atoms with Gasteiger partial charge in [0.15, 0.2) is 0 Å². The predicted octanol–water partition coefficient (Wildman–Crippen LogP) is 2.17. The molecule has 1 saturated heterocycles. The number of nitrogens with two attached hydrogens (primary N) is 1. The standard InChI is InChI=1S/C15H33N3/c1-6-18-9-7-8-14(18)11-17(5)15(4,12-16)10-13(2)3/h13-14H,6-12,16H2,1-5H3. The second-order valence-electron chi connectivity index (χ2n) is 6.60. The van der Waals surface area contributed by atoms with Crippen LogP contribution in [0, 0.1) is 5.92 Å². The van der Waals surface area contributed by atoms with Crippen LogP contribution >= 0.6 is 0 Å². The smallest absolute Gasteiger partial charge is 0.0303 e. The zero-order valence-corrected chi connectivity index (χ0v) is 13.1. The van der Waals surface area contributed by atoms with E-state index in [-0.39, 0.29) is 5.54 Å². The monoisotopic (exact) mass is 255 g/mol. The highest BCUT2D eigenvalue weighted by atomic mass is 15.3. The molecule has 1 fully saturated rings. The van der Waals surface area contributed by atoms with Gasteiger partial charge in [-0.2, -0.15) is 0 Å². The molecule has 1 rings (SSSR count). The van der Waals surface area contributed by atoms with Crippen LogP contribution in [0.5, 0.6) is 0 Å². The number of likely N-dealkylation sites (N-methyl/N-ethyl adjacent to an activating group) is 2. The van der Waals surface area contributed by atoms with Crippen molar-refractivity contribution >= 4 is 0 Å². The van der Waals surface area contributed by atoms with Crippen molar-refractivity contribution < 1.29 is 0 Å². The van der Waals surface area contributed by atoms with Gasteiger partial charge in [0.05, 0.1) is 0 Å². The first-order valence-corrected chi connectivity index (χ1v) is 7.58. The SMILES string of the molecule is CCN1CCCC1CN(C)C(C)(CN)CC(C)C. The van der Waals surface area contributed by atoms with Crippen LogP contribution in [0.4, 0.5) is 0 Å². The van der Waals surface area contributed by atoms with Gasteiger partial charge in [0, 0.05) is 24.7 Å². The van der Waals surface area contributed by atoms with E-state index in [4.69, 9.17) is 5.73 Å². The summed E-state index contributed by atoms with van der Waals surface area (Å²) in [7, 11) is 2.25. The van der Waals surface area contributed by atoms with Crippen molar-refractivity contribution in [3.63, 3.8) is 0 Å². The highest BCUT2D eigenvalue weighted by molar-refractivity contribution is 4.90.